The average molecular weight is 381 g/mol. The third-order valence-corrected chi connectivity index (χ3v) is 5.31. The standard InChI is InChI=1S/C21H17ClN2O3/c22-19-12-11-18(25)16(23-19)10-9-13-5-1-4-8-17(13)24-20(26)14-6-2-3-7-15(14)21(24)27/h2-3,6-7,11-13,17,25H,1,4-5,8H2/t13-,17-/m0/s1. The van der Waals surface area contributed by atoms with Gasteiger partial charge in [-0.25, -0.2) is 4.98 Å². The number of fused-ring (bicyclic) bond motifs is 1. The van der Waals surface area contributed by atoms with Crippen molar-refractivity contribution >= 4 is 23.4 Å². The van der Waals surface area contributed by atoms with E-state index in [-0.39, 0.29) is 40.4 Å². The topological polar surface area (TPSA) is 70.5 Å². The highest BCUT2D eigenvalue weighted by atomic mass is 35.5. The predicted molar refractivity (Wildman–Crippen MR) is 100 cm³/mol. The molecule has 2 aromatic rings. The number of carbonyl (C=O) groups is 2. The van der Waals surface area contributed by atoms with E-state index < -0.39 is 0 Å². The second kappa shape index (κ2) is 7.05. The third kappa shape index (κ3) is 3.17. The lowest BCUT2D eigenvalue weighted by atomic mass is 9.83. The van der Waals surface area contributed by atoms with Gasteiger partial charge in [-0.3, -0.25) is 14.5 Å². The molecular formula is C21H17ClN2O3. The molecule has 1 aliphatic carbocycles. The molecule has 1 aromatic heterocycles. The molecule has 4 rings (SSSR count). The molecule has 0 bridgehead atoms. The molecule has 0 saturated heterocycles. The third-order valence-electron chi connectivity index (χ3n) is 5.10. The first-order valence-corrected chi connectivity index (χ1v) is 9.28. The lowest BCUT2D eigenvalue weighted by Gasteiger charge is -2.34. The quantitative estimate of drug-likeness (QED) is 0.465. The minimum atomic E-state index is -0.278. The van der Waals surface area contributed by atoms with Crippen molar-refractivity contribution in [3.63, 3.8) is 0 Å². The first-order chi connectivity index (χ1) is 13.1. The lowest BCUT2D eigenvalue weighted by Crippen LogP contribution is -2.45. The predicted octanol–water partition coefficient (Wildman–Crippen LogP) is 3.65. The van der Waals surface area contributed by atoms with Gasteiger partial charge in [-0.2, -0.15) is 0 Å². The van der Waals surface area contributed by atoms with Gasteiger partial charge >= 0.3 is 0 Å². The Hall–Kier alpha value is -2.84. The zero-order valence-corrected chi connectivity index (χ0v) is 15.2. The monoisotopic (exact) mass is 380 g/mol. The van der Waals surface area contributed by atoms with E-state index in [0.717, 1.165) is 25.7 Å². The number of amides is 2. The fourth-order valence-electron chi connectivity index (χ4n) is 3.78. The Labute approximate surface area is 162 Å². The molecule has 2 amide bonds. The highest BCUT2D eigenvalue weighted by Gasteiger charge is 2.42. The number of aromatic nitrogens is 1. The average Bonchev–Trinajstić information content (AvgIpc) is 2.94. The van der Waals surface area contributed by atoms with Gasteiger partial charge in [0, 0.05) is 5.92 Å². The minimum absolute atomic E-state index is 0.0417. The van der Waals surface area contributed by atoms with E-state index in [0.29, 0.717) is 11.1 Å². The number of imide groups is 1. The Kier molecular flexibility index (Phi) is 4.59. The van der Waals surface area contributed by atoms with Crippen molar-refractivity contribution in [1.29, 1.82) is 0 Å². The second-order valence-electron chi connectivity index (χ2n) is 6.76. The molecule has 2 heterocycles. The minimum Gasteiger partial charge on any atom is -0.505 e. The Balaban J connectivity index is 1.65. The molecule has 0 radical (unpaired) electrons. The van der Waals surface area contributed by atoms with Crippen LogP contribution in [0.2, 0.25) is 5.15 Å². The molecule has 136 valence electrons. The number of hydrogen-bond acceptors (Lipinski definition) is 4. The van der Waals surface area contributed by atoms with Crippen LogP contribution in [0.15, 0.2) is 36.4 Å². The smallest absolute Gasteiger partial charge is 0.261 e. The fourth-order valence-corrected chi connectivity index (χ4v) is 3.93. The van der Waals surface area contributed by atoms with Crippen LogP contribution in [0, 0.1) is 17.8 Å². The molecule has 6 heteroatoms. The van der Waals surface area contributed by atoms with Crippen LogP contribution in [-0.2, 0) is 0 Å². The first kappa shape index (κ1) is 17.6. The summed E-state index contributed by atoms with van der Waals surface area (Å²) in [7, 11) is 0. The molecule has 1 aromatic carbocycles. The summed E-state index contributed by atoms with van der Waals surface area (Å²) in [5.74, 6) is 5.30. The zero-order chi connectivity index (χ0) is 19.0. The molecule has 1 N–H and O–H groups in total. The van der Waals surface area contributed by atoms with Crippen LogP contribution in [0.5, 0.6) is 5.75 Å². The van der Waals surface area contributed by atoms with E-state index in [1.807, 2.05) is 0 Å². The summed E-state index contributed by atoms with van der Waals surface area (Å²) in [6.45, 7) is 0. The highest BCUT2D eigenvalue weighted by molar-refractivity contribution is 6.29. The van der Waals surface area contributed by atoms with E-state index >= 15 is 0 Å². The highest BCUT2D eigenvalue weighted by Crippen LogP contribution is 2.34. The van der Waals surface area contributed by atoms with Crippen LogP contribution >= 0.6 is 11.6 Å². The van der Waals surface area contributed by atoms with Crippen molar-refractivity contribution in [2.45, 2.75) is 31.7 Å². The normalized spacial score (nSPS) is 21.6. The fraction of sp³-hybridized carbons (Fsp3) is 0.286. The Bertz CT molecular complexity index is 957. The summed E-state index contributed by atoms with van der Waals surface area (Å²) < 4.78 is 0. The van der Waals surface area contributed by atoms with Crippen LogP contribution in [0.3, 0.4) is 0 Å². The van der Waals surface area contributed by atoms with E-state index in [1.165, 1.54) is 17.0 Å². The van der Waals surface area contributed by atoms with E-state index in [1.54, 1.807) is 24.3 Å². The largest absolute Gasteiger partial charge is 0.505 e. The summed E-state index contributed by atoms with van der Waals surface area (Å²) in [5, 5.41) is 10.1. The number of halogens is 1. The lowest BCUT2D eigenvalue weighted by molar-refractivity contribution is 0.0511. The molecule has 27 heavy (non-hydrogen) atoms. The number of carbonyl (C=O) groups excluding carboxylic acids is 2. The maximum Gasteiger partial charge on any atom is 0.261 e. The van der Waals surface area contributed by atoms with Crippen LogP contribution < -0.4 is 0 Å². The van der Waals surface area contributed by atoms with E-state index in [2.05, 4.69) is 16.8 Å². The van der Waals surface area contributed by atoms with Crippen LogP contribution in [0.25, 0.3) is 0 Å². The van der Waals surface area contributed by atoms with Gasteiger partial charge in [-0.15, -0.1) is 0 Å². The maximum absolute atomic E-state index is 12.8. The van der Waals surface area contributed by atoms with Gasteiger partial charge in [0.15, 0.2) is 5.69 Å². The zero-order valence-electron chi connectivity index (χ0n) is 14.5. The van der Waals surface area contributed by atoms with Crippen LogP contribution in [0.4, 0.5) is 0 Å². The molecule has 2 atom stereocenters. The number of aromatic hydroxyl groups is 1. The Morgan fingerprint density at radius 2 is 1.70 bits per heavy atom. The van der Waals surface area contributed by atoms with Gasteiger partial charge in [0.1, 0.15) is 10.9 Å². The van der Waals surface area contributed by atoms with Gasteiger partial charge in [0.05, 0.1) is 17.2 Å². The van der Waals surface area contributed by atoms with Gasteiger partial charge in [0.25, 0.3) is 11.8 Å². The van der Waals surface area contributed by atoms with E-state index in [9.17, 15) is 14.7 Å². The molecule has 1 saturated carbocycles. The number of rotatable bonds is 1. The van der Waals surface area contributed by atoms with Crippen molar-refractivity contribution in [1.82, 2.24) is 9.88 Å². The van der Waals surface area contributed by atoms with Crippen LogP contribution in [0.1, 0.15) is 52.1 Å². The molecule has 2 aliphatic rings. The Morgan fingerprint density at radius 3 is 2.41 bits per heavy atom. The van der Waals surface area contributed by atoms with Gasteiger partial charge in [-0.1, -0.05) is 42.5 Å². The van der Waals surface area contributed by atoms with Gasteiger partial charge < -0.3 is 5.11 Å². The molecule has 5 nitrogen and oxygen atoms in total. The van der Waals surface area contributed by atoms with Gasteiger partial charge in [0.2, 0.25) is 0 Å². The molecule has 0 spiro atoms. The summed E-state index contributed by atoms with van der Waals surface area (Å²) in [6, 6.07) is 9.56. The number of nitrogens with zero attached hydrogens (tertiary/aromatic N) is 2. The number of hydrogen-bond donors (Lipinski definition) is 1. The van der Waals surface area contributed by atoms with Gasteiger partial charge in [-0.05, 0) is 43.0 Å². The summed E-state index contributed by atoms with van der Waals surface area (Å²) in [5.41, 5.74) is 1.11. The number of pyridine rings is 1. The first-order valence-electron chi connectivity index (χ1n) is 8.90. The molecule has 1 aliphatic heterocycles. The van der Waals surface area contributed by atoms with E-state index in [4.69, 9.17) is 11.6 Å². The van der Waals surface area contributed by atoms with Crippen molar-refractivity contribution in [2.75, 3.05) is 0 Å². The number of benzene rings is 1. The summed E-state index contributed by atoms with van der Waals surface area (Å²) >= 11 is 5.87. The molecular weight excluding hydrogens is 364 g/mol. The molecule has 0 unspecified atom stereocenters. The van der Waals surface area contributed by atoms with Crippen molar-refractivity contribution in [3.05, 3.63) is 58.4 Å². The Morgan fingerprint density at radius 1 is 1.04 bits per heavy atom. The maximum atomic E-state index is 12.8. The summed E-state index contributed by atoms with van der Waals surface area (Å²) in [4.78, 5) is 31.0. The van der Waals surface area contributed by atoms with Crippen molar-refractivity contribution < 1.29 is 14.7 Å². The molecule has 1 fully saturated rings. The van der Waals surface area contributed by atoms with Crippen molar-refractivity contribution in [2.24, 2.45) is 5.92 Å². The summed E-state index contributed by atoms with van der Waals surface area (Å²) in [6.07, 6.45) is 3.43. The SMILES string of the molecule is O=C1c2ccccc2C(=O)N1[C@H]1CCCC[C@H]1C#Cc1nc(Cl)ccc1O. The second-order valence-corrected chi connectivity index (χ2v) is 7.14. The van der Waals surface area contributed by atoms with Crippen molar-refractivity contribution in [3.8, 4) is 17.6 Å². The van der Waals surface area contributed by atoms with Crippen LogP contribution in [-0.4, -0.2) is 32.8 Å².